The summed E-state index contributed by atoms with van der Waals surface area (Å²) < 4.78 is 0.714. The molecule has 0 aliphatic rings. The second kappa shape index (κ2) is 6.35. The van der Waals surface area contributed by atoms with E-state index in [2.05, 4.69) is 21.2 Å². The SMILES string of the molecule is Cc1ccc(C(=O)Nc2cc(Cl)c(Cl)cc2Cl)c(Br)c1. The summed E-state index contributed by atoms with van der Waals surface area (Å²) in [6.45, 7) is 1.95. The minimum absolute atomic E-state index is 0.280. The summed E-state index contributed by atoms with van der Waals surface area (Å²) >= 11 is 21.2. The Morgan fingerprint density at radius 2 is 1.70 bits per heavy atom. The molecule has 0 bridgehead atoms. The van der Waals surface area contributed by atoms with Crippen molar-refractivity contribution in [2.45, 2.75) is 6.92 Å². The molecule has 0 aliphatic carbocycles. The normalized spacial score (nSPS) is 10.4. The molecule has 6 heteroatoms. The van der Waals surface area contributed by atoms with Crippen molar-refractivity contribution < 1.29 is 4.79 Å². The topological polar surface area (TPSA) is 29.1 Å². The maximum absolute atomic E-state index is 12.2. The van der Waals surface area contributed by atoms with Crippen molar-refractivity contribution in [1.82, 2.24) is 0 Å². The van der Waals surface area contributed by atoms with Crippen molar-refractivity contribution >= 4 is 62.3 Å². The van der Waals surface area contributed by atoms with E-state index in [-0.39, 0.29) is 5.91 Å². The summed E-state index contributed by atoms with van der Waals surface area (Å²) in [7, 11) is 0. The van der Waals surface area contributed by atoms with Crippen LogP contribution in [0.2, 0.25) is 15.1 Å². The van der Waals surface area contributed by atoms with Gasteiger partial charge in [0.2, 0.25) is 0 Å². The van der Waals surface area contributed by atoms with Gasteiger partial charge in [-0.1, -0.05) is 40.9 Å². The molecule has 2 rings (SSSR count). The predicted octanol–water partition coefficient (Wildman–Crippen LogP) is 5.97. The van der Waals surface area contributed by atoms with E-state index in [0.29, 0.717) is 30.8 Å². The summed E-state index contributed by atoms with van der Waals surface area (Å²) in [6.07, 6.45) is 0. The minimum atomic E-state index is -0.280. The molecular weight excluding hydrogens is 384 g/mol. The van der Waals surface area contributed by atoms with Crippen LogP contribution in [0.15, 0.2) is 34.8 Å². The third-order valence-electron chi connectivity index (χ3n) is 2.63. The zero-order chi connectivity index (χ0) is 14.9. The summed E-state index contributed by atoms with van der Waals surface area (Å²) in [6, 6.07) is 8.47. The highest BCUT2D eigenvalue weighted by Crippen LogP contribution is 2.32. The van der Waals surface area contributed by atoms with Crippen LogP contribution in [0.25, 0.3) is 0 Å². The Hall–Kier alpha value is -0.740. The Balaban J connectivity index is 2.30. The van der Waals surface area contributed by atoms with Crippen LogP contribution in [-0.4, -0.2) is 5.91 Å². The Labute approximate surface area is 140 Å². The molecular formula is C14H9BrCl3NO. The molecule has 0 atom stereocenters. The number of nitrogens with one attached hydrogen (secondary N) is 1. The van der Waals surface area contributed by atoms with Crippen molar-refractivity contribution in [3.8, 4) is 0 Å². The molecule has 1 amide bonds. The predicted molar refractivity (Wildman–Crippen MR) is 88.3 cm³/mol. The third-order valence-corrected chi connectivity index (χ3v) is 4.32. The van der Waals surface area contributed by atoms with Crippen LogP contribution < -0.4 is 5.32 Å². The third kappa shape index (κ3) is 3.47. The molecule has 2 nitrogen and oxygen atoms in total. The molecule has 20 heavy (non-hydrogen) atoms. The van der Waals surface area contributed by atoms with Crippen molar-refractivity contribution in [2.75, 3.05) is 5.32 Å². The summed E-state index contributed by atoms with van der Waals surface area (Å²) in [5, 5.41) is 3.71. The van der Waals surface area contributed by atoms with E-state index in [1.54, 1.807) is 6.07 Å². The number of carbonyl (C=O) groups is 1. The Morgan fingerprint density at radius 1 is 1.05 bits per heavy atom. The highest BCUT2D eigenvalue weighted by molar-refractivity contribution is 9.10. The monoisotopic (exact) mass is 391 g/mol. The van der Waals surface area contributed by atoms with Crippen molar-refractivity contribution in [3.63, 3.8) is 0 Å². The number of hydrogen-bond donors (Lipinski definition) is 1. The average molecular weight is 393 g/mol. The molecule has 104 valence electrons. The Morgan fingerprint density at radius 3 is 2.35 bits per heavy atom. The van der Waals surface area contributed by atoms with E-state index in [4.69, 9.17) is 34.8 Å². The first kappa shape index (κ1) is 15.6. The van der Waals surface area contributed by atoms with Gasteiger partial charge in [0.15, 0.2) is 0 Å². The zero-order valence-electron chi connectivity index (χ0n) is 10.3. The number of benzene rings is 2. The van der Waals surface area contributed by atoms with Crippen LogP contribution in [0.5, 0.6) is 0 Å². The fourth-order valence-corrected chi connectivity index (χ4v) is 2.88. The van der Waals surface area contributed by atoms with Crippen LogP contribution in [-0.2, 0) is 0 Å². The molecule has 0 saturated heterocycles. The molecule has 0 heterocycles. The quantitative estimate of drug-likeness (QED) is 0.626. The lowest BCUT2D eigenvalue weighted by molar-refractivity contribution is 0.102. The first-order valence-electron chi connectivity index (χ1n) is 5.60. The Kier molecular flexibility index (Phi) is 4.97. The van der Waals surface area contributed by atoms with Gasteiger partial charge in [-0.2, -0.15) is 0 Å². The van der Waals surface area contributed by atoms with E-state index in [0.717, 1.165) is 5.56 Å². The molecule has 0 fully saturated rings. The van der Waals surface area contributed by atoms with Gasteiger partial charge in [-0.25, -0.2) is 0 Å². The first-order chi connectivity index (χ1) is 9.38. The van der Waals surface area contributed by atoms with Gasteiger partial charge in [0, 0.05) is 4.47 Å². The number of carbonyl (C=O) groups excluding carboxylic acids is 1. The minimum Gasteiger partial charge on any atom is -0.321 e. The van der Waals surface area contributed by atoms with Gasteiger partial charge in [-0.05, 0) is 52.7 Å². The molecule has 0 aromatic heterocycles. The first-order valence-corrected chi connectivity index (χ1v) is 7.53. The molecule has 0 spiro atoms. The highest BCUT2D eigenvalue weighted by atomic mass is 79.9. The van der Waals surface area contributed by atoms with Gasteiger partial charge in [-0.15, -0.1) is 0 Å². The van der Waals surface area contributed by atoms with Crippen LogP contribution in [0, 0.1) is 6.92 Å². The number of anilines is 1. The van der Waals surface area contributed by atoms with Crippen molar-refractivity contribution in [1.29, 1.82) is 0 Å². The van der Waals surface area contributed by atoms with Crippen LogP contribution in [0.3, 0.4) is 0 Å². The van der Waals surface area contributed by atoms with Gasteiger partial charge in [0.1, 0.15) is 0 Å². The lowest BCUT2D eigenvalue weighted by atomic mass is 10.1. The molecule has 0 saturated carbocycles. The second-order valence-electron chi connectivity index (χ2n) is 4.18. The van der Waals surface area contributed by atoms with Crippen LogP contribution >= 0.6 is 50.7 Å². The largest absolute Gasteiger partial charge is 0.321 e. The van der Waals surface area contributed by atoms with Crippen molar-refractivity contribution in [2.24, 2.45) is 0 Å². The lowest BCUT2D eigenvalue weighted by Gasteiger charge is -2.10. The van der Waals surface area contributed by atoms with E-state index in [9.17, 15) is 4.79 Å². The van der Waals surface area contributed by atoms with Gasteiger partial charge < -0.3 is 5.32 Å². The summed E-state index contributed by atoms with van der Waals surface area (Å²) in [5.74, 6) is -0.280. The van der Waals surface area contributed by atoms with Gasteiger partial charge >= 0.3 is 0 Å². The fraction of sp³-hybridized carbons (Fsp3) is 0.0714. The van der Waals surface area contributed by atoms with Crippen molar-refractivity contribution in [3.05, 3.63) is 61.0 Å². The van der Waals surface area contributed by atoms with Gasteiger partial charge in [0.05, 0.1) is 26.3 Å². The van der Waals surface area contributed by atoms with E-state index < -0.39 is 0 Å². The van der Waals surface area contributed by atoms with Crippen LogP contribution in [0.4, 0.5) is 5.69 Å². The standard InChI is InChI=1S/C14H9BrCl3NO/c1-7-2-3-8(9(15)4-7)14(20)19-13-6-11(17)10(16)5-12(13)18/h2-6H,1H3,(H,19,20). The lowest BCUT2D eigenvalue weighted by Crippen LogP contribution is -2.13. The number of halogens is 4. The smallest absolute Gasteiger partial charge is 0.256 e. The van der Waals surface area contributed by atoms with E-state index in [1.165, 1.54) is 12.1 Å². The number of amides is 1. The van der Waals surface area contributed by atoms with E-state index >= 15 is 0 Å². The zero-order valence-corrected chi connectivity index (χ0v) is 14.2. The molecule has 0 unspecified atom stereocenters. The second-order valence-corrected chi connectivity index (χ2v) is 6.26. The summed E-state index contributed by atoms with van der Waals surface area (Å²) in [5.41, 5.74) is 1.98. The fourth-order valence-electron chi connectivity index (χ4n) is 1.61. The molecule has 1 N–H and O–H groups in total. The number of hydrogen-bond acceptors (Lipinski definition) is 1. The number of aryl methyl sites for hydroxylation is 1. The van der Waals surface area contributed by atoms with Gasteiger partial charge in [0.25, 0.3) is 5.91 Å². The van der Waals surface area contributed by atoms with E-state index in [1.807, 2.05) is 19.1 Å². The maximum Gasteiger partial charge on any atom is 0.256 e. The van der Waals surface area contributed by atoms with Gasteiger partial charge in [-0.3, -0.25) is 4.79 Å². The average Bonchev–Trinajstić information content (AvgIpc) is 2.35. The maximum atomic E-state index is 12.2. The Bertz CT molecular complexity index is 688. The summed E-state index contributed by atoms with van der Waals surface area (Å²) in [4.78, 5) is 12.2. The highest BCUT2D eigenvalue weighted by Gasteiger charge is 2.13. The molecule has 2 aromatic rings. The van der Waals surface area contributed by atoms with Crippen LogP contribution in [0.1, 0.15) is 15.9 Å². The molecule has 2 aromatic carbocycles. The number of rotatable bonds is 2. The molecule has 0 aliphatic heterocycles. The molecule has 0 radical (unpaired) electrons.